The molecule has 340 valence electrons. The summed E-state index contributed by atoms with van der Waals surface area (Å²) < 4.78 is 0.999. The van der Waals surface area contributed by atoms with Gasteiger partial charge in [-0.3, -0.25) is 24.5 Å². The molecule has 0 amide bonds. The monoisotopic (exact) mass is 979 g/mol. The van der Waals surface area contributed by atoms with E-state index in [-0.39, 0.29) is 5.78 Å². The van der Waals surface area contributed by atoms with Gasteiger partial charge in [-0.1, -0.05) is 97.1 Å². The molecule has 0 radical (unpaired) electrons. The summed E-state index contributed by atoms with van der Waals surface area (Å²) in [7, 11) is 0. The number of pyridine rings is 6. The van der Waals surface area contributed by atoms with E-state index in [0.717, 1.165) is 83.2 Å². The largest absolute Gasteiger partial charge is 0.384 e. The Hall–Kier alpha value is -9.04. The highest BCUT2D eigenvalue weighted by molar-refractivity contribution is 9.10. The van der Waals surface area contributed by atoms with Crippen LogP contribution in [0.3, 0.4) is 0 Å². The Morgan fingerprint density at radius 1 is 0.471 bits per heavy atom. The smallest absolute Gasteiger partial charge is 0.196 e. The summed E-state index contributed by atoms with van der Waals surface area (Å²) in [6.45, 7) is 0. The first-order valence-electron chi connectivity index (χ1n) is 22.0. The van der Waals surface area contributed by atoms with Gasteiger partial charge < -0.3 is 20.1 Å². The summed E-state index contributed by atoms with van der Waals surface area (Å²) in [5.41, 5.74) is 12.2. The van der Waals surface area contributed by atoms with Gasteiger partial charge in [0.1, 0.15) is 23.0 Å². The number of hydrogen-bond donors (Lipinski definition) is 4. The second kappa shape index (κ2) is 22.2. The predicted molar refractivity (Wildman–Crippen MR) is 278 cm³/mol. The number of aromatic amines is 3. The number of halogens is 1. The van der Waals surface area contributed by atoms with Gasteiger partial charge in [0.2, 0.25) is 0 Å². The molecule has 3 aromatic carbocycles. The number of benzene rings is 3. The number of nitrogens with one attached hydrogen (secondary N) is 3. The van der Waals surface area contributed by atoms with Gasteiger partial charge in [0, 0.05) is 121 Å². The number of aromatic nitrogens is 9. The van der Waals surface area contributed by atoms with Crippen molar-refractivity contribution in [3.63, 3.8) is 0 Å². The zero-order valence-corrected chi connectivity index (χ0v) is 38.9. The number of H-pyrrole nitrogens is 3. The topological polar surface area (TPSA) is 179 Å². The van der Waals surface area contributed by atoms with Crippen LogP contribution in [0.4, 0.5) is 0 Å². The summed E-state index contributed by atoms with van der Waals surface area (Å²) in [4.78, 5) is 57.3. The van der Waals surface area contributed by atoms with Crippen LogP contribution in [0, 0.1) is 0 Å². The molecule has 12 rings (SSSR count). The molecular formula is C57H42BrN9O3. The van der Waals surface area contributed by atoms with E-state index in [2.05, 4.69) is 103 Å². The minimum absolute atomic E-state index is 0.0741. The van der Waals surface area contributed by atoms with E-state index in [0.29, 0.717) is 16.7 Å². The summed E-state index contributed by atoms with van der Waals surface area (Å²) in [6.07, 6.45) is 14.9. The minimum Gasteiger partial charge on any atom is -0.384 e. The Kier molecular flexibility index (Phi) is 14.6. The van der Waals surface area contributed by atoms with Crippen molar-refractivity contribution >= 4 is 61.1 Å². The van der Waals surface area contributed by atoms with Gasteiger partial charge in [-0.15, -0.1) is 0 Å². The molecule has 0 fully saturated rings. The molecule has 0 saturated carbocycles. The summed E-state index contributed by atoms with van der Waals surface area (Å²) in [5.74, 6) is -0.0741. The molecule has 12 aromatic rings. The number of carbonyl (C=O) groups is 2. The lowest BCUT2D eigenvalue weighted by atomic mass is 10.0. The van der Waals surface area contributed by atoms with Gasteiger partial charge in [-0.25, -0.2) is 15.0 Å². The molecule has 0 bridgehead atoms. The molecule has 12 nitrogen and oxygen atoms in total. The van der Waals surface area contributed by atoms with Crippen molar-refractivity contribution in [3.8, 4) is 33.8 Å². The average Bonchev–Trinajstić information content (AvgIpc) is 4.19. The molecule has 1 unspecified atom stereocenters. The SMILES string of the molecule is Brc1cnc2[nH]c(-c3ccccc3)cc2c1.O=C(c1cccnc1)c1cnc2[nH]c(-c3ccccc3)cc2c1.O=Cc1cccnc1.OC(c1cccnc1)c1cnc2[nH]c(-c3ccccc3)cc2c1. The van der Waals surface area contributed by atoms with Crippen LogP contribution in [0.5, 0.6) is 0 Å². The Bertz CT molecular complexity index is 3610. The first kappa shape index (κ1) is 46.1. The van der Waals surface area contributed by atoms with Gasteiger partial charge in [0.25, 0.3) is 0 Å². The molecule has 1 atom stereocenters. The van der Waals surface area contributed by atoms with E-state index in [1.54, 1.807) is 73.8 Å². The van der Waals surface area contributed by atoms with E-state index in [1.165, 1.54) is 11.8 Å². The minimum atomic E-state index is -0.726. The van der Waals surface area contributed by atoms with E-state index in [4.69, 9.17) is 0 Å². The van der Waals surface area contributed by atoms with E-state index in [1.807, 2.05) is 97.1 Å². The quantitative estimate of drug-likeness (QED) is 0.0851. The molecule has 0 spiro atoms. The number of hydrogen-bond acceptors (Lipinski definition) is 9. The van der Waals surface area contributed by atoms with Crippen LogP contribution in [0.2, 0.25) is 0 Å². The Labute approximate surface area is 410 Å². The fourth-order valence-corrected chi connectivity index (χ4v) is 7.82. The van der Waals surface area contributed by atoms with Crippen LogP contribution in [-0.4, -0.2) is 62.0 Å². The zero-order chi connectivity index (χ0) is 48.1. The first-order valence-corrected chi connectivity index (χ1v) is 22.8. The van der Waals surface area contributed by atoms with Crippen LogP contribution >= 0.6 is 15.9 Å². The number of fused-ring (bicyclic) bond motifs is 3. The maximum atomic E-state index is 12.5. The molecule has 9 heterocycles. The number of rotatable bonds is 8. The lowest BCUT2D eigenvalue weighted by Crippen LogP contribution is -2.02. The van der Waals surface area contributed by atoms with Crippen molar-refractivity contribution in [2.75, 3.05) is 0 Å². The van der Waals surface area contributed by atoms with Gasteiger partial charge in [0.15, 0.2) is 12.1 Å². The number of aldehydes is 1. The lowest BCUT2D eigenvalue weighted by Gasteiger charge is -2.10. The molecule has 0 aliphatic rings. The van der Waals surface area contributed by atoms with Crippen molar-refractivity contribution in [1.82, 2.24) is 44.9 Å². The fraction of sp³-hybridized carbons (Fsp3) is 0.0175. The van der Waals surface area contributed by atoms with Crippen LogP contribution in [0.25, 0.3) is 66.9 Å². The highest BCUT2D eigenvalue weighted by atomic mass is 79.9. The van der Waals surface area contributed by atoms with Crippen LogP contribution in [0.15, 0.2) is 224 Å². The van der Waals surface area contributed by atoms with Crippen molar-refractivity contribution in [1.29, 1.82) is 0 Å². The number of aliphatic hydroxyl groups is 1. The van der Waals surface area contributed by atoms with Crippen LogP contribution in [-0.2, 0) is 0 Å². The molecular weight excluding hydrogens is 939 g/mol. The molecule has 0 aliphatic carbocycles. The predicted octanol–water partition coefficient (Wildman–Crippen LogP) is 12.4. The first-order chi connectivity index (χ1) is 34.4. The molecule has 13 heteroatoms. The third-order valence-electron chi connectivity index (χ3n) is 11.0. The van der Waals surface area contributed by atoms with Gasteiger partial charge in [-0.05, 0) is 99.4 Å². The Morgan fingerprint density at radius 2 is 0.957 bits per heavy atom. The highest BCUT2D eigenvalue weighted by Crippen LogP contribution is 2.28. The summed E-state index contributed by atoms with van der Waals surface area (Å²) >= 11 is 3.42. The standard InChI is InChI=1S/C19H15N3O.C19H13N3O.C13H9BrN2.C6H5NO/c2*23-18(14-7-4-8-20-11-14)16-9-15-10-17(22-19(15)21-12-16)13-5-2-1-3-6-13;14-11-6-10-7-12(16-13(10)15-8-11)9-4-2-1-3-5-9;8-5-6-2-1-3-7-4-6/h1-12,18,23H,(H,21,22);1-12H,(H,21,22);1-8H,(H,15,16);1-5H. The molecule has 0 aliphatic heterocycles. The molecule has 70 heavy (non-hydrogen) atoms. The lowest BCUT2D eigenvalue weighted by molar-refractivity contribution is 0.103. The average molecular weight is 981 g/mol. The molecule has 4 N–H and O–H groups in total. The number of nitrogens with zero attached hydrogens (tertiary/aromatic N) is 6. The van der Waals surface area contributed by atoms with E-state index < -0.39 is 6.10 Å². The fourth-order valence-electron chi connectivity index (χ4n) is 7.47. The summed E-state index contributed by atoms with van der Waals surface area (Å²) in [6, 6.07) is 53.1. The van der Waals surface area contributed by atoms with Gasteiger partial charge in [-0.2, -0.15) is 0 Å². The Balaban J connectivity index is 0.000000122. The van der Waals surface area contributed by atoms with Crippen molar-refractivity contribution in [3.05, 3.63) is 252 Å². The normalized spacial score (nSPS) is 11.1. The number of carbonyl (C=O) groups excluding carboxylic acids is 2. The number of aliphatic hydroxyl groups excluding tert-OH is 1. The van der Waals surface area contributed by atoms with E-state index >= 15 is 0 Å². The van der Waals surface area contributed by atoms with Gasteiger partial charge in [0.05, 0.1) is 0 Å². The van der Waals surface area contributed by atoms with Crippen molar-refractivity contribution in [2.24, 2.45) is 0 Å². The number of ketones is 1. The zero-order valence-electron chi connectivity index (χ0n) is 37.3. The van der Waals surface area contributed by atoms with Gasteiger partial charge >= 0.3 is 0 Å². The second-order valence-corrected chi connectivity index (χ2v) is 16.7. The van der Waals surface area contributed by atoms with E-state index in [9.17, 15) is 14.7 Å². The second-order valence-electron chi connectivity index (χ2n) is 15.8. The third-order valence-corrected chi connectivity index (χ3v) is 11.4. The van der Waals surface area contributed by atoms with Crippen LogP contribution < -0.4 is 0 Å². The Morgan fingerprint density at radius 3 is 1.44 bits per heavy atom. The van der Waals surface area contributed by atoms with Crippen molar-refractivity contribution in [2.45, 2.75) is 6.10 Å². The maximum absolute atomic E-state index is 12.5. The maximum Gasteiger partial charge on any atom is 0.196 e. The molecule has 9 aromatic heterocycles. The van der Waals surface area contributed by atoms with Crippen LogP contribution in [0.1, 0.15) is 43.5 Å². The third kappa shape index (κ3) is 11.4. The highest BCUT2D eigenvalue weighted by Gasteiger charge is 2.14. The summed E-state index contributed by atoms with van der Waals surface area (Å²) in [5, 5.41) is 13.5. The molecule has 0 saturated heterocycles. The van der Waals surface area contributed by atoms with Crippen molar-refractivity contribution < 1.29 is 14.7 Å².